The second-order valence-corrected chi connectivity index (χ2v) is 17.1. The van der Waals surface area contributed by atoms with Crippen molar-refractivity contribution in [3.8, 4) is 44.5 Å². The van der Waals surface area contributed by atoms with E-state index in [1.54, 1.807) is 0 Å². The lowest BCUT2D eigenvalue weighted by molar-refractivity contribution is 0.670. The molecule has 0 bridgehead atoms. The molecule has 0 aliphatic rings. The zero-order valence-electron chi connectivity index (χ0n) is 34.2. The topological polar surface area (TPSA) is 13.1 Å². The van der Waals surface area contributed by atoms with E-state index in [0.717, 1.165) is 32.9 Å². The van der Waals surface area contributed by atoms with Gasteiger partial charge in [0.15, 0.2) is 0 Å². The fourth-order valence-corrected chi connectivity index (χ4v) is 10.8. The summed E-state index contributed by atoms with van der Waals surface area (Å²) >= 11 is 0. The highest BCUT2D eigenvalue weighted by molar-refractivity contribution is 6.29. The van der Waals surface area contributed by atoms with E-state index in [2.05, 4.69) is 218 Å². The van der Waals surface area contributed by atoms with E-state index in [-0.39, 0.29) is 0 Å². The molecule has 1 aromatic heterocycles. The maximum absolute atomic E-state index is 7.20. The summed E-state index contributed by atoms with van der Waals surface area (Å²) in [7, 11) is 0. The van der Waals surface area contributed by atoms with Gasteiger partial charge in [0.05, 0.1) is 0 Å². The quantitative estimate of drug-likeness (QED) is 0.128. The van der Waals surface area contributed by atoms with Crippen LogP contribution in [0.2, 0.25) is 0 Å². The summed E-state index contributed by atoms with van der Waals surface area (Å²) in [4.78, 5) is 0. The van der Waals surface area contributed by atoms with Gasteiger partial charge in [-0.2, -0.15) is 0 Å². The molecule has 13 aromatic carbocycles. The monoisotopic (exact) mass is 796 g/mol. The van der Waals surface area contributed by atoms with Gasteiger partial charge in [-0.25, -0.2) is 0 Å². The van der Waals surface area contributed by atoms with Crippen molar-refractivity contribution in [2.45, 2.75) is 0 Å². The molecule has 0 saturated carbocycles. The minimum atomic E-state index is 0.889. The van der Waals surface area contributed by atoms with Gasteiger partial charge in [0.25, 0.3) is 0 Å². The molecule has 0 amide bonds. The van der Waals surface area contributed by atoms with Gasteiger partial charge in [-0.3, -0.25) is 0 Å². The van der Waals surface area contributed by atoms with E-state index in [9.17, 15) is 0 Å². The number of hydrogen-bond donors (Lipinski definition) is 0. The van der Waals surface area contributed by atoms with Crippen LogP contribution in [0, 0.1) is 0 Å². The lowest BCUT2D eigenvalue weighted by atomic mass is 9.85. The Kier molecular flexibility index (Phi) is 7.17. The fourth-order valence-electron chi connectivity index (χ4n) is 10.8. The summed E-state index contributed by atoms with van der Waals surface area (Å²) in [5.74, 6) is 0. The van der Waals surface area contributed by atoms with Crippen LogP contribution in [-0.4, -0.2) is 0 Å². The third kappa shape index (κ3) is 5.11. The number of rotatable bonds is 4. The number of fused-ring (bicyclic) bond motifs is 8. The molecule has 0 radical (unpaired) electrons. The van der Waals surface area contributed by atoms with Crippen molar-refractivity contribution in [3.05, 3.63) is 218 Å². The van der Waals surface area contributed by atoms with Gasteiger partial charge in [0.1, 0.15) is 11.2 Å². The summed E-state index contributed by atoms with van der Waals surface area (Å²) in [6.45, 7) is 0. The summed E-state index contributed by atoms with van der Waals surface area (Å²) in [5.41, 5.74) is 11.4. The molecule has 0 aliphatic carbocycles. The van der Waals surface area contributed by atoms with Crippen LogP contribution in [0.4, 0.5) is 0 Å². The molecule has 1 heterocycles. The average Bonchev–Trinajstić information content (AvgIpc) is 3.71. The molecule has 0 aliphatic heterocycles. The normalized spacial score (nSPS) is 12.1. The highest BCUT2D eigenvalue weighted by Crippen LogP contribution is 2.48. The van der Waals surface area contributed by atoms with Gasteiger partial charge >= 0.3 is 0 Å². The van der Waals surface area contributed by atoms with Crippen LogP contribution in [-0.2, 0) is 0 Å². The molecule has 0 atom stereocenters. The minimum Gasteiger partial charge on any atom is -0.455 e. The predicted molar refractivity (Wildman–Crippen MR) is 269 cm³/mol. The van der Waals surface area contributed by atoms with Crippen molar-refractivity contribution < 1.29 is 4.42 Å². The Morgan fingerprint density at radius 2 is 0.825 bits per heavy atom. The van der Waals surface area contributed by atoms with Crippen LogP contribution in [0.3, 0.4) is 0 Å². The number of furan rings is 1. The third-order valence-electron chi connectivity index (χ3n) is 13.7. The lowest BCUT2D eigenvalue weighted by Crippen LogP contribution is -1.91. The van der Waals surface area contributed by atoms with Gasteiger partial charge in [0, 0.05) is 21.9 Å². The average molecular weight is 797 g/mol. The Morgan fingerprint density at radius 3 is 1.59 bits per heavy atom. The molecule has 0 spiro atoms. The standard InChI is InChI=1S/C62H36O/c1-3-11-37(12-4-1)42-19-20-43-32-55-56-34-46(49-27-23-41-24-29-51-48(38-13-5-2-6-14-38)26-22-40-25-30-52(49)60(41)59(40)51)35-57(62(56)63-58(55)36-45(43)31-42)61-50-18-10-8-16-44(50)33-54-47-17-9-7-15-39(47)21-28-53(54)61/h1-36H. The molecular weight excluding hydrogens is 761 g/mol. The van der Waals surface area contributed by atoms with Gasteiger partial charge in [0.2, 0.25) is 0 Å². The van der Waals surface area contributed by atoms with E-state index in [4.69, 9.17) is 4.42 Å². The molecule has 14 rings (SSSR count). The van der Waals surface area contributed by atoms with Crippen molar-refractivity contribution in [2.24, 2.45) is 0 Å². The predicted octanol–water partition coefficient (Wildman–Crippen LogP) is 17.8. The first kappa shape index (κ1) is 34.5. The molecule has 0 N–H and O–H groups in total. The van der Waals surface area contributed by atoms with Gasteiger partial charge in [-0.1, -0.05) is 182 Å². The van der Waals surface area contributed by atoms with E-state index in [1.165, 1.54) is 109 Å². The van der Waals surface area contributed by atoms with Gasteiger partial charge in [-0.15, -0.1) is 0 Å². The summed E-state index contributed by atoms with van der Waals surface area (Å²) in [6, 6.07) is 80.7. The van der Waals surface area contributed by atoms with E-state index in [1.807, 2.05) is 0 Å². The van der Waals surface area contributed by atoms with Crippen LogP contribution >= 0.6 is 0 Å². The Morgan fingerprint density at radius 1 is 0.238 bits per heavy atom. The highest BCUT2D eigenvalue weighted by atomic mass is 16.3. The first-order valence-electron chi connectivity index (χ1n) is 21.8. The lowest BCUT2D eigenvalue weighted by Gasteiger charge is -2.18. The highest BCUT2D eigenvalue weighted by Gasteiger charge is 2.22. The molecular formula is C62H36O. The van der Waals surface area contributed by atoms with Crippen molar-refractivity contribution in [1.29, 1.82) is 0 Å². The SMILES string of the molecule is c1ccc(-c2ccc3cc4c(cc3c2)oc2c(-c3c5ccccc5cc5c3ccc3ccccc35)cc(-c3ccc5ccc6c(-c7ccccc7)ccc7ccc3c5c76)cc24)cc1. The minimum absolute atomic E-state index is 0.889. The molecule has 290 valence electrons. The Balaban J connectivity index is 1.10. The zero-order valence-corrected chi connectivity index (χ0v) is 34.2. The Hall–Kier alpha value is -8.26. The summed E-state index contributed by atoms with van der Waals surface area (Å²) in [5, 5.41) is 19.6. The molecule has 63 heavy (non-hydrogen) atoms. The molecule has 0 unspecified atom stereocenters. The first-order valence-corrected chi connectivity index (χ1v) is 21.8. The van der Waals surface area contributed by atoms with Crippen molar-refractivity contribution in [1.82, 2.24) is 0 Å². The van der Waals surface area contributed by atoms with Crippen LogP contribution in [0.1, 0.15) is 0 Å². The van der Waals surface area contributed by atoms with Crippen molar-refractivity contribution in [2.75, 3.05) is 0 Å². The summed E-state index contributed by atoms with van der Waals surface area (Å²) < 4.78 is 7.20. The van der Waals surface area contributed by atoms with Crippen LogP contribution in [0.15, 0.2) is 223 Å². The van der Waals surface area contributed by atoms with Crippen LogP contribution < -0.4 is 0 Å². The second kappa shape index (κ2) is 13.1. The van der Waals surface area contributed by atoms with Crippen molar-refractivity contribution in [3.63, 3.8) is 0 Å². The molecule has 0 fully saturated rings. The third-order valence-corrected chi connectivity index (χ3v) is 13.7. The molecule has 14 aromatic rings. The Bertz CT molecular complexity index is 4180. The molecule has 1 nitrogen and oxygen atoms in total. The van der Waals surface area contributed by atoms with Crippen LogP contribution in [0.25, 0.3) is 142 Å². The van der Waals surface area contributed by atoms with Gasteiger partial charge < -0.3 is 4.42 Å². The second-order valence-electron chi connectivity index (χ2n) is 17.1. The zero-order chi connectivity index (χ0) is 41.2. The van der Waals surface area contributed by atoms with E-state index >= 15 is 0 Å². The maximum Gasteiger partial charge on any atom is 0.143 e. The fraction of sp³-hybridized carbons (Fsp3) is 0. The smallest absolute Gasteiger partial charge is 0.143 e. The molecule has 0 saturated heterocycles. The largest absolute Gasteiger partial charge is 0.455 e. The molecule has 1 heteroatoms. The van der Waals surface area contributed by atoms with Crippen LogP contribution in [0.5, 0.6) is 0 Å². The van der Waals surface area contributed by atoms with Crippen molar-refractivity contribution >= 4 is 97.3 Å². The van der Waals surface area contributed by atoms with E-state index < -0.39 is 0 Å². The summed E-state index contributed by atoms with van der Waals surface area (Å²) in [6.07, 6.45) is 0. The number of benzene rings is 13. The first-order chi connectivity index (χ1) is 31.2. The van der Waals surface area contributed by atoms with Gasteiger partial charge in [-0.05, 0) is 145 Å². The Labute approximate surface area is 363 Å². The van der Waals surface area contributed by atoms with E-state index in [0.29, 0.717) is 0 Å². The number of hydrogen-bond acceptors (Lipinski definition) is 1. The maximum atomic E-state index is 7.20.